The minimum atomic E-state index is -0.273. The molecule has 30 heavy (non-hydrogen) atoms. The zero-order valence-corrected chi connectivity index (χ0v) is 17.5. The second kappa shape index (κ2) is 9.69. The standard InChI is InChI=1S/C24H25NO5/c1-16-5-7-19(8-6-16)30-20-11-9-18(10-12-20)29-15-24(26)25-21-14-23(28-4)22(27-3)13-17(21)2/h5-14H,15H2,1-4H3,(H,25,26). The maximum absolute atomic E-state index is 12.3. The van der Waals surface area contributed by atoms with Gasteiger partial charge in [0.15, 0.2) is 18.1 Å². The number of carbonyl (C=O) groups is 1. The van der Waals surface area contributed by atoms with Crippen molar-refractivity contribution in [2.45, 2.75) is 13.8 Å². The Hall–Kier alpha value is -3.67. The first-order chi connectivity index (χ1) is 14.5. The monoisotopic (exact) mass is 407 g/mol. The number of aryl methyl sites for hydroxylation is 2. The summed E-state index contributed by atoms with van der Waals surface area (Å²) in [7, 11) is 3.12. The lowest BCUT2D eigenvalue weighted by molar-refractivity contribution is -0.118. The van der Waals surface area contributed by atoms with E-state index in [-0.39, 0.29) is 12.5 Å². The van der Waals surface area contributed by atoms with Crippen molar-refractivity contribution in [3.63, 3.8) is 0 Å². The zero-order chi connectivity index (χ0) is 21.5. The van der Waals surface area contributed by atoms with Crippen LogP contribution in [-0.4, -0.2) is 26.7 Å². The Kier molecular flexibility index (Phi) is 6.80. The normalized spacial score (nSPS) is 10.3. The average molecular weight is 407 g/mol. The van der Waals surface area contributed by atoms with Gasteiger partial charge in [0.05, 0.1) is 14.2 Å². The van der Waals surface area contributed by atoms with E-state index in [4.69, 9.17) is 18.9 Å². The molecule has 0 saturated carbocycles. The van der Waals surface area contributed by atoms with Crippen LogP contribution in [0.5, 0.6) is 28.7 Å². The summed E-state index contributed by atoms with van der Waals surface area (Å²) in [4.78, 5) is 12.3. The first-order valence-corrected chi connectivity index (χ1v) is 9.48. The minimum absolute atomic E-state index is 0.119. The number of hydrogen-bond donors (Lipinski definition) is 1. The molecule has 0 radical (unpaired) electrons. The molecule has 0 aromatic heterocycles. The van der Waals surface area contributed by atoms with Crippen molar-refractivity contribution in [1.29, 1.82) is 0 Å². The number of benzene rings is 3. The van der Waals surface area contributed by atoms with Crippen LogP contribution >= 0.6 is 0 Å². The van der Waals surface area contributed by atoms with Gasteiger partial charge in [0.1, 0.15) is 17.2 Å². The van der Waals surface area contributed by atoms with Gasteiger partial charge in [-0.25, -0.2) is 0 Å². The SMILES string of the molecule is COc1cc(C)c(NC(=O)COc2ccc(Oc3ccc(C)cc3)cc2)cc1OC. The second-order valence-electron chi connectivity index (χ2n) is 6.75. The lowest BCUT2D eigenvalue weighted by Crippen LogP contribution is -2.20. The number of nitrogens with one attached hydrogen (secondary N) is 1. The largest absolute Gasteiger partial charge is 0.493 e. The fourth-order valence-corrected chi connectivity index (χ4v) is 2.80. The van der Waals surface area contributed by atoms with Gasteiger partial charge in [-0.3, -0.25) is 4.79 Å². The lowest BCUT2D eigenvalue weighted by atomic mass is 10.1. The predicted molar refractivity (Wildman–Crippen MR) is 116 cm³/mol. The van der Waals surface area contributed by atoms with Crippen LogP contribution in [0.2, 0.25) is 0 Å². The fraction of sp³-hybridized carbons (Fsp3) is 0.208. The first-order valence-electron chi connectivity index (χ1n) is 9.48. The Bertz CT molecular complexity index is 997. The lowest BCUT2D eigenvalue weighted by Gasteiger charge is -2.14. The Morgan fingerprint density at radius 1 is 0.800 bits per heavy atom. The third kappa shape index (κ3) is 5.44. The van der Waals surface area contributed by atoms with E-state index in [9.17, 15) is 4.79 Å². The van der Waals surface area contributed by atoms with Crippen molar-refractivity contribution in [3.05, 3.63) is 71.8 Å². The van der Waals surface area contributed by atoms with Crippen LogP contribution in [0.25, 0.3) is 0 Å². The molecule has 0 spiro atoms. The van der Waals surface area contributed by atoms with Gasteiger partial charge in [-0.05, 0) is 61.9 Å². The number of hydrogen-bond acceptors (Lipinski definition) is 5. The van der Waals surface area contributed by atoms with Crippen molar-refractivity contribution in [2.24, 2.45) is 0 Å². The minimum Gasteiger partial charge on any atom is -0.493 e. The molecular formula is C24H25NO5. The number of rotatable bonds is 8. The molecule has 3 rings (SSSR count). The van der Waals surface area contributed by atoms with E-state index in [1.807, 2.05) is 44.2 Å². The van der Waals surface area contributed by atoms with Gasteiger partial charge >= 0.3 is 0 Å². The van der Waals surface area contributed by atoms with Gasteiger partial charge in [-0.2, -0.15) is 0 Å². The molecule has 0 aliphatic rings. The summed E-state index contributed by atoms with van der Waals surface area (Å²) in [5, 5.41) is 2.83. The Morgan fingerprint density at radius 2 is 1.33 bits per heavy atom. The topological polar surface area (TPSA) is 66.0 Å². The molecule has 1 amide bonds. The molecule has 0 aliphatic heterocycles. The van der Waals surface area contributed by atoms with Crippen molar-refractivity contribution < 1.29 is 23.7 Å². The van der Waals surface area contributed by atoms with E-state index in [0.717, 1.165) is 11.3 Å². The van der Waals surface area contributed by atoms with E-state index < -0.39 is 0 Å². The smallest absolute Gasteiger partial charge is 0.262 e. The molecule has 3 aromatic rings. The molecule has 3 aromatic carbocycles. The van der Waals surface area contributed by atoms with Crippen LogP contribution in [0.1, 0.15) is 11.1 Å². The molecule has 6 nitrogen and oxygen atoms in total. The maximum Gasteiger partial charge on any atom is 0.262 e. The number of anilines is 1. The predicted octanol–water partition coefficient (Wildman–Crippen LogP) is 5.13. The molecule has 0 unspecified atom stereocenters. The molecule has 6 heteroatoms. The summed E-state index contributed by atoms with van der Waals surface area (Å²) in [6, 6.07) is 18.5. The second-order valence-corrected chi connectivity index (χ2v) is 6.75. The highest BCUT2D eigenvalue weighted by Gasteiger charge is 2.11. The molecule has 0 saturated heterocycles. The van der Waals surface area contributed by atoms with Crippen LogP contribution in [0.4, 0.5) is 5.69 Å². The van der Waals surface area contributed by atoms with Crippen LogP contribution in [0.3, 0.4) is 0 Å². The summed E-state index contributed by atoms with van der Waals surface area (Å²) in [6.45, 7) is 3.79. The Labute approximate surface area is 176 Å². The van der Waals surface area contributed by atoms with E-state index in [2.05, 4.69) is 5.32 Å². The molecule has 0 aliphatic carbocycles. The first kappa shape index (κ1) is 21.0. The van der Waals surface area contributed by atoms with Crippen LogP contribution in [0, 0.1) is 13.8 Å². The maximum atomic E-state index is 12.3. The van der Waals surface area contributed by atoms with Gasteiger partial charge in [-0.1, -0.05) is 17.7 Å². The van der Waals surface area contributed by atoms with Gasteiger partial charge in [0.2, 0.25) is 0 Å². The summed E-state index contributed by atoms with van der Waals surface area (Å²) < 4.78 is 21.9. The van der Waals surface area contributed by atoms with E-state index in [1.165, 1.54) is 5.56 Å². The third-order valence-corrected chi connectivity index (χ3v) is 4.45. The van der Waals surface area contributed by atoms with Crippen LogP contribution < -0.4 is 24.3 Å². The van der Waals surface area contributed by atoms with Gasteiger partial charge in [0, 0.05) is 11.8 Å². The summed E-state index contributed by atoms with van der Waals surface area (Å²) in [6.07, 6.45) is 0. The van der Waals surface area contributed by atoms with Crippen LogP contribution in [-0.2, 0) is 4.79 Å². The molecule has 0 fully saturated rings. The molecular weight excluding hydrogens is 382 g/mol. The quantitative estimate of drug-likeness (QED) is 0.561. The van der Waals surface area contributed by atoms with Crippen molar-refractivity contribution in [2.75, 3.05) is 26.1 Å². The highest BCUT2D eigenvalue weighted by molar-refractivity contribution is 5.93. The van der Waals surface area contributed by atoms with Crippen molar-refractivity contribution >= 4 is 11.6 Å². The number of methoxy groups -OCH3 is 2. The Morgan fingerprint density at radius 3 is 1.93 bits per heavy atom. The van der Waals surface area contributed by atoms with E-state index >= 15 is 0 Å². The van der Waals surface area contributed by atoms with Crippen molar-refractivity contribution in [3.8, 4) is 28.7 Å². The van der Waals surface area contributed by atoms with E-state index in [1.54, 1.807) is 44.6 Å². The summed E-state index contributed by atoms with van der Waals surface area (Å²) in [5.74, 6) is 2.91. The van der Waals surface area contributed by atoms with Gasteiger partial charge in [-0.15, -0.1) is 0 Å². The molecule has 1 N–H and O–H groups in total. The highest BCUT2D eigenvalue weighted by Crippen LogP contribution is 2.33. The van der Waals surface area contributed by atoms with Crippen LogP contribution in [0.15, 0.2) is 60.7 Å². The molecule has 0 bridgehead atoms. The zero-order valence-electron chi connectivity index (χ0n) is 17.5. The number of amides is 1. The number of carbonyl (C=O) groups excluding carboxylic acids is 1. The third-order valence-electron chi connectivity index (χ3n) is 4.45. The summed E-state index contributed by atoms with van der Waals surface area (Å²) >= 11 is 0. The number of ether oxygens (including phenoxy) is 4. The van der Waals surface area contributed by atoms with Gasteiger partial charge in [0.25, 0.3) is 5.91 Å². The molecule has 156 valence electrons. The summed E-state index contributed by atoms with van der Waals surface area (Å²) in [5.41, 5.74) is 2.68. The van der Waals surface area contributed by atoms with E-state index in [0.29, 0.717) is 28.7 Å². The average Bonchev–Trinajstić information content (AvgIpc) is 2.76. The Balaban J connectivity index is 1.55. The fourth-order valence-electron chi connectivity index (χ4n) is 2.80. The highest BCUT2D eigenvalue weighted by atomic mass is 16.5. The molecule has 0 heterocycles. The van der Waals surface area contributed by atoms with Crippen molar-refractivity contribution in [1.82, 2.24) is 0 Å². The molecule has 0 atom stereocenters. The van der Waals surface area contributed by atoms with Gasteiger partial charge < -0.3 is 24.3 Å².